The summed E-state index contributed by atoms with van der Waals surface area (Å²) in [4.78, 5) is 23.0. The number of benzene rings is 1. The Bertz CT molecular complexity index is 855. The highest BCUT2D eigenvalue weighted by Crippen LogP contribution is 2.22. The summed E-state index contributed by atoms with van der Waals surface area (Å²) in [6, 6.07) is 6.58. The van der Waals surface area contributed by atoms with Crippen LogP contribution in [-0.4, -0.2) is 61.6 Å². The van der Waals surface area contributed by atoms with Crippen LogP contribution in [0.5, 0.6) is 5.75 Å². The Hall–Kier alpha value is -3.08. The molecule has 0 atom stereocenters. The Labute approximate surface area is 171 Å². The average Bonchev–Trinajstić information content (AvgIpc) is 2.71. The molecule has 0 unspecified atom stereocenters. The van der Waals surface area contributed by atoms with Crippen LogP contribution in [0.1, 0.15) is 16.2 Å². The van der Waals surface area contributed by atoms with E-state index in [0.29, 0.717) is 37.9 Å². The minimum atomic E-state index is -4.77. The van der Waals surface area contributed by atoms with E-state index < -0.39 is 12.3 Å². The first-order valence-corrected chi connectivity index (χ1v) is 9.36. The summed E-state index contributed by atoms with van der Waals surface area (Å²) >= 11 is 0. The van der Waals surface area contributed by atoms with Crippen LogP contribution < -0.4 is 20.3 Å². The number of alkyl halides is 3. The Morgan fingerprint density at radius 1 is 1.17 bits per heavy atom. The van der Waals surface area contributed by atoms with Crippen LogP contribution in [0, 0.1) is 6.92 Å². The van der Waals surface area contributed by atoms with E-state index >= 15 is 0 Å². The first-order valence-electron chi connectivity index (χ1n) is 9.36. The number of carbonyl (C=O) groups is 1. The lowest BCUT2D eigenvalue weighted by Gasteiger charge is -2.28. The molecule has 2 heterocycles. The van der Waals surface area contributed by atoms with Gasteiger partial charge < -0.3 is 25.0 Å². The van der Waals surface area contributed by atoms with Crippen LogP contribution in [0.2, 0.25) is 0 Å². The molecule has 1 saturated heterocycles. The van der Waals surface area contributed by atoms with E-state index in [2.05, 4.69) is 30.2 Å². The first kappa shape index (κ1) is 21.6. The molecule has 1 aromatic carbocycles. The molecule has 1 aliphatic heterocycles. The van der Waals surface area contributed by atoms with Crippen LogP contribution in [0.4, 0.5) is 24.8 Å². The average molecular weight is 425 g/mol. The van der Waals surface area contributed by atoms with Crippen LogP contribution >= 0.6 is 0 Å². The normalized spacial score (nSPS) is 14.3. The molecule has 8 nitrogen and oxygen atoms in total. The minimum absolute atomic E-state index is 0.233. The quantitative estimate of drug-likeness (QED) is 0.659. The fraction of sp³-hybridized carbons (Fsp3) is 0.421. The number of aryl methyl sites for hydroxylation is 1. The van der Waals surface area contributed by atoms with Gasteiger partial charge in [0.1, 0.15) is 23.2 Å². The van der Waals surface area contributed by atoms with E-state index in [4.69, 9.17) is 4.74 Å². The van der Waals surface area contributed by atoms with Crippen molar-refractivity contribution in [3.05, 3.63) is 41.7 Å². The molecule has 1 aromatic heterocycles. The van der Waals surface area contributed by atoms with Crippen molar-refractivity contribution >= 4 is 17.5 Å². The summed E-state index contributed by atoms with van der Waals surface area (Å²) in [6.45, 7) is 5.36. The zero-order valence-electron chi connectivity index (χ0n) is 16.3. The van der Waals surface area contributed by atoms with Gasteiger partial charge in [-0.1, -0.05) is 0 Å². The highest BCUT2D eigenvalue weighted by atomic mass is 19.4. The lowest BCUT2D eigenvalue weighted by atomic mass is 10.2. The number of hydrogen-bond donors (Lipinski definition) is 2. The van der Waals surface area contributed by atoms with Crippen molar-refractivity contribution in [1.82, 2.24) is 15.3 Å². The molecule has 0 radical (unpaired) electrons. The summed E-state index contributed by atoms with van der Waals surface area (Å²) < 4.78 is 45.7. The molecule has 0 aliphatic carbocycles. The van der Waals surface area contributed by atoms with Crippen molar-refractivity contribution in [3.8, 4) is 5.75 Å². The number of halogens is 3. The Balaban J connectivity index is 1.47. The van der Waals surface area contributed by atoms with Crippen molar-refractivity contribution < 1.29 is 27.4 Å². The van der Waals surface area contributed by atoms with Gasteiger partial charge in [-0.25, -0.2) is 9.97 Å². The van der Waals surface area contributed by atoms with Crippen LogP contribution in [0.25, 0.3) is 0 Å². The Morgan fingerprint density at radius 3 is 2.53 bits per heavy atom. The second-order valence-corrected chi connectivity index (χ2v) is 6.51. The van der Waals surface area contributed by atoms with Gasteiger partial charge in [0.25, 0.3) is 5.91 Å². The predicted octanol–water partition coefficient (Wildman–Crippen LogP) is 2.36. The standard InChI is InChI=1S/C19H22F3N5O3/c1-13-25-16(12-17(26-13)27-8-10-29-11-9-27)23-6-7-24-18(28)14-2-4-15(5-3-14)30-19(20,21)22/h2-5,12H,6-11H2,1H3,(H,24,28)(H,23,25,26). The van der Waals surface area contributed by atoms with Crippen molar-refractivity contribution in [2.24, 2.45) is 0 Å². The number of rotatable bonds is 7. The Kier molecular flexibility index (Phi) is 6.93. The summed E-state index contributed by atoms with van der Waals surface area (Å²) in [5, 5.41) is 5.83. The first-order chi connectivity index (χ1) is 14.3. The van der Waals surface area contributed by atoms with Crippen molar-refractivity contribution in [1.29, 1.82) is 0 Å². The van der Waals surface area contributed by atoms with Gasteiger partial charge in [0.05, 0.1) is 13.2 Å². The third-order valence-electron chi connectivity index (χ3n) is 4.23. The number of ether oxygens (including phenoxy) is 2. The minimum Gasteiger partial charge on any atom is -0.406 e. The molecule has 30 heavy (non-hydrogen) atoms. The highest BCUT2D eigenvalue weighted by molar-refractivity contribution is 5.94. The molecule has 1 amide bonds. The Morgan fingerprint density at radius 2 is 1.87 bits per heavy atom. The molecule has 0 spiro atoms. The summed E-state index contributed by atoms with van der Waals surface area (Å²) in [6.07, 6.45) is -4.77. The van der Waals surface area contributed by atoms with Gasteiger partial charge >= 0.3 is 6.36 Å². The zero-order chi connectivity index (χ0) is 21.6. The SMILES string of the molecule is Cc1nc(NCCNC(=O)c2ccc(OC(F)(F)F)cc2)cc(N2CCOCC2)n1. The molecule has 3 rings (SSSR count). The van der Waals surface area contributed by atoms with E-state index in [0.717, 1.165) is 31.0 Å². The maximum Gasteiger partial charge on any atom is 0.573 e. The smallest absolute Gasteiger partial charge is 0.406 e. The van der Waals surface area contributed by atoms with Crippen LogP contribution in [0.15, 0.2) is 30.3 Å². The fourth-order valence-electron chi connectivity index (χ4n) is 2.87. The van der Waals surface area contributed by atoms with Gasteiger partial charge in [0.15, 0.2) is 0 Å². The van der Waals surface area contributed by atoms with E-state index in [-0.39, 0.29) is 11.3 Å². The van der Waals surface area contributed by atoms with Crippen molar-refractivity contribution in [3.63, 3.8) is 0 Å². The van der Waals surface area contributed by atoms with Crippen LogP contribution in [-0.2, 0) is 4.74 Å². The molecule has 0 bridgehead atoms. The molecule has 2 N–H and O–H groups in total. The molecule has 2 aromatic rings. The number of aromatic nitrogens is 2. The molecule has 162 valence electrons. The molecule has 1 aliphatic rings. The lowest BCUT2D eigenvalue weighted by Crippen LogP contribution is -2.37. The third kappa shape index (κ3) is 6.48. The number of nitrogens with one attached hydrogen (secondary N) is 2. The highest BCUT2D eigenvalue weighted by Gasteiger charge is 2.31. The second kappa shape index (κ2) is 9.61. The molecular weight excluding hydrogens is 403 g/mol. The van der Waals surface area contributed by atoms with Gasteiger partial charge in [-0.3, -0.25) is 4.79 Å². The van der Waals surface area contributed by atoms with Gasteiger partial charge in [-0.05, 0) is 31.2 Å². The number of carbonyl (C=O) groups excluding carboxylic acids is 1. The van der Waals surface area contributed by atoms with E-state index in [1.807, 2.05) is 13.0 Å². The van der Waals surface area contributed by atoms with Gasteiger partial charge in [-0.15, -0.1) is 13.2 Å². The van der Waals surface area contributed by atoms with E-state index in [1.165, 1.54) is 12.1 Å². The van der Waals surface area contributed by atoms with E-state index in [1.54, 1.807) is 0 Å². The maximum atomic E-state index is 12.2. The topological polar surface area (TPSA) is 88.6 Å². The number of anilines is 2. The number of morpholine rings is 1. The van der Waals surface area contributed by atoms with Crippen LogP contribution in [0.3, 0.4) is 0 Å². The molecule has 1 fully saturated rings. The number of hydrogen-bond acceptors (Lipinski definition) is 7. The van der Waals surface area contributed by atoms with Gasteiger partial charge in [-0.2, -0.15) is 0 Å². The summed E-state index contributed by atoms with van der Waals surface area (Å²) in [7, 11) is 0. The monoisotopic (exact) mass is 425 g/mol. The lowest BCUT2D eigenvalue weighted by molar-refractivity contribution is -0.274. The molecule has 11 heteroatoms. The predicted molar refractivity (Wildman–Crippen MR) is 104 cm³/mol. The third-order valence-corrected chi connectivity index (χ3v) is 4.23. The van der Waals surface area contributed by atoms with Gasteiger partial charge in [0, 0.05) is 37.8 Å². The van der Waals surface area contributed by atoms with Gasteiger partial charge in [0.2, 0.25) is 0 Å². The molecular formula is C19H22F3N5O3. The van der Waals surface area contributed by atoms with Crippen molar-refractivity contribution in [2.75, 3.05) is 49.6 Å². The second-order valence-electron chi connectivity index (χ2n) is 6.51. The van der Waals surface area contributed by atoms with E-state index in [9.17, 15) is 18.0 Å². The van der Waals surface area contributed by atoms with Crippen molar-refractivity contribution in [2.45, 2.75) is 13.3 Å². The largest absolute Gasteiger partial charge is 0.573 e. The zero-order valence-corrected chi connectivity index (χ0v) is 16.3. The molecule has 0 saturated carbocycles. The fourth-order valence-corrected chi connectivity index (χ4v) is 2.87. The number of amides is 1. The summed E-state index contributed by atoms with van der Waals surface area (Å²) in [5.41, 5.74) is 0.233. The maximum absolute atomic E-state index is 12.2. The number of nitrogens with zero attached hydrogens (tertiary/aromatic N) is 3. The summed E-state index contributed by atoms with van der Waals surface area (Å²) in [5.74, 6) is 1.32.